The summed E-state index contributed by atoms with van der Waals surface area (Å²) < 4.78 is 64.2. The van der Waals surface area contributed by atoms with Crippen molar-refractivity contribution >= 4 is 27.5 Å². The molecule has 142 valence electrons. The van der Waals surface area contributed by atoms with E-state index in [0.717, 1.165) is 12.1 Å². The van der Waals surface area contributed by atoms with Crippen LogP contribution in [-0.4, -0.2) is 31.1 Å². The van der Waals surface area contributed by atoms with Crippen LogP contribution < -0.4 is 5.32 Å². The Kier molecular flexibility index (Phi) is 4.68. The van der Waals surface area contributed by atoms with Crippen molar-refractivity contribution in [2.75, 3.05) is 11.9 Å². The van der Waals surface area contributed by atoms with Gasteiger partial charge < -0.3 is 5.32 Å². The first-order valence-corrected chi connectivity index (χ1v) is 9.18. The molecule has 0 saturated heterocycles. The number of alkyl halides is 3. The van der Waals surface area contributed by atoms with E-state index in [4.69, 9.17) is 0 Å². The minimum Gasteiger partial charge on any atom is -0.325 e. The number of fused-ring (bicyclic) bond motifs is 1. The maximum Gasteiger partial charge on any atom is 0.418 e. The molecule has 0 fully saturated rings. The fraction of sp³-hybridized carbons (Fsp3) is 0.176. The van der Waals surface area contributed by atoms with Crippen molar-refractivity contribution in [3.05, 3.63) is 59.7 Å². The van der Waals surface area contributed by atoms with Crippen LogP contribution in [0.2, 0.25) is 0 Å². The van der Waals surface area contributed by atoms with E-state index in [9.17, 15) is 31.2 Å². The molecule has 1 aliphatic heterocycles. The van der Waals surface area contributed by atoms with Gasteiger partial charge in [-0.25, -0.2) is 12.7 Å². The normalized spacial score (nSPS) is 15.5. The first-order valence-electron chi connectivity index (χ1n) is 7.74. The van der Waals surface area contributed by atoms with Gasteiger partial charge in [-0.3, -0.25) is 9.59 Å². The molecule has 0 radical (unpaired) electrons. The van der Waals surface area contributed by atoms with E-state index in [1.807, 2.05) is 0 Å². The number of para-hydroxylation sites is 1. The minimum absolute atomic E-state index is 0.000301. The summed E-state index contributed by atoms with van der Waals surface area (Å²) in [5.74, 6) is -1.61. The van der Waals surface area contributed by atoms with Crippen LogP contribution >= 0.6 is 0 Å². The van der Waals surface area contributed by atoms with Crippen molar-refractivity contribution in [2.45, 2.75) is 17.5 Å². The van der Waals surface area contributed by atoms with Gasteiger partial charge in [0, 0.05) is 13.0 Å². The highest BCUT2D eigenvalue weighted by atomic mass is 32.2. The molecule has 0 atom stereocenters. The van der Waals surface area contributed by atoms with Gasteiger partial charge in [-0.15, -0.1) is 0 Å². The number of carbonyl (C=O) groups is 2. The van der Waals surface area contributed by atoms with Crippen LogP contribution in [0, 0.1) is 0 Å². The number of benzene rings is 2. The third-order valence-corrected chi connectivity index (χ3v) is 5.80. The summed E-state index contributed by atoms with van der Waals surface area (Å²) in [6.45, 7) is -0.476. The van der Waals surface area contributed by atoms with Crippen molar-refractivity contribution in [3.8, 4) is 0 Å². The summed E-state index contributed by atoms with van der Waals surface area (Å²) in [5.41, 5.74) is -1.45. The zero-order valence-electron chi connectivity index (χ0n) is 13.7. The smallest absolute Gasteiger partial charge is 0.325 e. The van der Waals surface area contributed by atoms with Crippen molar-refractivity contribution < 1.29 is 31.2 Å². The van der Waals surface area contributed by atoms with Gasteiger partial charge in [0.1, 0.15) is 4.90 Å². The summed E-state index contributed by atoms with van der Waals surface area (Å²) >= 11 is 0. The fourth-order valence-corrected chi connectivity index (χ4v) is 4.28. The van der Waals surface area contributed by atoms with Gasteiger partial charge in [0.25, 0.3) is 15.9 Å². The van der Waals surface area contributed by atoms with Crippen LogP contribution in [0.3, 0.4) is 0 Å². The summed E-state index contributed by atoms with van der Waals surface area (Å²) in [7, 11) is -4.07. The summed E-state index contributed by atoms with van der Waals surface area (Å²) in [6, 6.07) is 10.0. The molecule has 2 aromatic carbocycles. The Hall–Kier alpha value is -2.88. The number of rotatable bonds is 4. The molecule has 0 aromatic heterocycles. The Morgan fingerprint density at radius 2 is 1.67 bits per heavy atom. The van der Waals surface area contributed by atoms with Gasteiger partial charge in [0.2, 0.25) is 5.91 Å². The molecule has 10 heteroatoms. The van der Waals surface area contributed by atoms with Crippen molar-refractivity contribution in [1.29, 1.82) is 0 Å². The zero-order valence-corrected chi connectivity index (χ0v) is 14.5. The minimum atomic E-state index is -4.65. The average molecular weight is 398 g/mol. The van der Waals surface area contributed by atoms with Crippen LogP contribution in [0.4, 0.5) is 18.9 Å². The van der Waals surface area contributed by atoms with Crippen LogP contribution in [0.15, 0.2) is 53.4 Å². The lowest BCUT2D eigenvalue weighted by Crippen LogP contribution is -2.33. The summed E-state index contributed by atoms with van der Waals surface area (Å²) in [6.07, 6.45) is -5.13. The molecular weight excluding hydrogens is 385 g/mol. The van der Waals surface area contributed by atoms with Crippen LogP contribution in [-0.2, 0) is 21.0 Å². The van der Waals surface area contributed by atoms with Gasteiger partial charge in [-0.05, 0) is 24.3 Å². The van der Waals surface area contributed by atoms with E-state index in [0.29, 0.717) is 4.31 Å². The Bertz CT molecular complexity index is 1020. The number of amides is 2. The molecule has 2 amide bonds. The third kappa shape index (κ3) is 3.52. The number of anilines is 1. The molecule has 6 nitrogen and oxygen atoms in total. The predicted octanol–water partition coefficient (Wildman–Crippen LogP) is 2.88. The molecule has 27 heavy (non-hydrogen) atoms. The lowest BCUT2D eigenvalue weighted by atomic mass is 10.1. The number of carbonyl (C=O) groups excluding carboxylic acids is 2. The lowest BCUT2D eigenvalue weighted by molar-refractivity contribution is -0.137. The molecule has 3 rings (SSSR count). The number of nitrogens with zero attached hydrogens (tertiary/aromatic N) is 1. The van der Waals surface area contributed by atoms with Crippen LogP contribution in [0.1, 0.15) is 22.3 Å². The van der Waals surface area contributed by atoms with Gasteiger partial charge >= 0.3 is 6.18 Å². The molecular formula is C17H13F3N2O4S. The highest BCUT2D eigenvalue weighted by Crippen LogP contribution is 2.35. The Morgan fingerprint density at radius 3 is 2.33 bits per heavy atom. The van der Waals surface area contributed by atoms with Crippen molar-refractivity contribution in [2.24, 2.45) is 0 Å². The van der Waals surface area contributed by atoms with Gasteiger partial charge in [0.15, 0.2) is 0 Å². The second kappa shape index (κ2) is 6.69. The van der Waals surface area contributed by atoms with E-state index < -0.39 is 52.2 Å². The molecule has 0 spiro atoms. The number of sulfonamides is 1. The molecule has 1 N–H and O–H groups in total. The molecule has 0 unspecified atom stereocenters. The topological polar surface area (TPSA) is 83.6 Å². The molecule has 0 bridgehead atoms. The number of hydrogen-bond acceptors (Lipinski definition) is 4. The molecule has 1 aliphatic rings. The lowest BCUT2D eigenvalue weighted by Gasteiger charge is -2.16. The maximum atomic E-state index is 13.0. The number of nitrogens with one attached hydrogen (secondary N) is 1. The standard InChI is InChI=1S/C17H13F3N2O4S/c18-17(19,20)12-6-2-3-7-13(12)21-15(23)9-10-22-16(24)11-5-1-4-8-14(11)27(22,25)26/h1-8H,9-10H2,(H,21,23). The number of halogens is 3. The molecule has 1 heterocycles. The van der Waals surface area contributed by atoms with E-state index in [1.54, 1.807) is 0 Å². The van der Waals surface area contributed by atoms with Crippen LogP contribution in [0.25, 0.3) is 0 Å². The first kappa shape index (κ1) is 18.9. The predicted molar refractivity (Wildman–Crippen MR) is 89.4 cm³/mol. The number of hydrogen-bond donors (Lipinski definition) is 1. The second-order valence-corrected chi connectivity index (χ2v) is 7.55. The monoisotopic (exact) mass is 398 g/mol. The molecule has 2 aromatic rings. The Morgan fingerprint density at radius 1 is 1.04 bits per heavy atom. The van der Waals surface area contributed by atoms with E-state index >= 15 is 0 Å². The quantitative estimate of drug-likeness (QED) is 0.859. The van der Waals surface area contributed by atoms with Crippen LogP contribution in [0.5, 0.6) is 0 Å². The average Bonchev–Trinajstić information content (AvgIpc) is 2.79. The molecule has 0 saturated carbocycles. The van der Waals surface area contributed by atoms with E-state index in [1.165, 1.54) is 36.4 Å². The Balaban J connectivity index is 1.72. The zero-order chi connectivity index (χ0) is 19.8. The van der Waals surface area contributed by atoms with Gasteiger partial charge in [0.05, 0.1) is 16.8 Å². The maximum absolute atomic E-state index is 13.0. The highest BCUT2D eigenvalue weighted by Gasteiger charge is 2.40. The second-order valence-electron chi connectivity index (χ2n) is 5.72. The van der Waals surface area contributed by atoms with Gasteiger partial charge in [-0.2, -0.15) is 13.2 Å². The van der Waals surface area contributed by atoms with E-state index in [2.05, 4.69) is 5.32 Å². The van der Waals surface area contributed by atoms with E-state index in [-0.39, 0.29) is 10.5 Å². The van der Waals surface area contributed by atoms with Crippen molar-refractivity contribution in [3.63, 3.8) is 0 Å². The third-order valence-electron chi connectivity index (χ3n) is 3.96. The summed E-state index contributed by atoms with van der Waals surface area (Å²) in [4.78, 5) is 24.1. The SMILES string of the molecule is O=C(CCN1C(=O)c2ccccc2S1(=O)=O)Nc1ccccc1C(F)(F)F. The first-order chi connectivity index (χ1) is 12.6. The molecule has 0 aliphatic carbocycles. The Labute approximate surface area is 152 Å². The highest BCUT2D eigenvalue weighted by molar-refractivity contribution is 7.90. The fourth-order valence-electron chi connectivity index (χ4n) is 2.71. The van der Waals surface area contributed by atoms with Gasteiger partial charge in [-0.1, -0.05) is 24.3 Å². The summed E-state index contributed by atoms with van der Waals surface area (Å²) in [5, 5.41) is 2.11. The van der Waals surface area contributed by atoms with Crippen molar-refractivity contribution in [1.82, 2.24) is 4.31 Å². The largest absolute Gasteiger partial charge is 0.418 e.